The van der Waals surface area contributed by atoms with E-state index in [-0.39, 0.29) is 30.2 Å². The molecule has 0 bridgehead atoms. The molecule has 0 aromatic carbocycles. The molecule has 1 atom stereocenters. The van der Waals surface area contributed by atoms with Gasteiger partial charge in [-0.2, -0.15) is 0 Å². The van der Waals surface area contributed by atoms with Crippen molar-refractivity contribution in [2.24, 2.45) is 5.92 Å². The van der Waals surface area contributed by atoms with Gasteiger partial charge < -0.3 is 9.47 Å². The largest absolute Gasteiger partial charge is 0.466 e. The molecule has 0 saturated heterocycles. The predicted octanol–water partition coefficient (Wildman–Crippen LogP) is 4.68. The van der Waals surface area contributed by atoms with Gasteiger partial charge in [0.15, 0.2) is 11.6 Å². The maximum atomic E-state index is 13.0. The molecule has 0 N–H and O–H groups in total. The zero-order valence-corrected chi connectivity index (χ0v) is 18.6. The Morgan fingerprint density at radius 1 is 1.17 bits per heavy atom. The number of hydrogen-bond acceptors (Lipinski definition) is 6. The van der Waals surface area contributed by atoms with Gasteiger partial charge in [-0.25, -0.2) is 0 Å². The van der Waals surface area contributed by atoms with Crippen molar-refractivity contribution in [1.82, 2.24) is 4.98 Å². The third-order valence-corrected chi connectivity index (χ3v) is 5.57. The molecular formula is C22H30BrNO5. The van der Waals surface area contributed by atoms with Crippen LogP contribution in [0.5, 0.6) is 0 Å². The summed E-state index contributed by atoms with van der Waals surface area (Å²) in [4.78, 5) is 41.4. The third-order valence-electron chi connectivity index (χ3n) is 5.14. The summed E-state index contributed by atoms with van der Waals surface area (Å²) >= 11 is 3.32. The van der Waals surface area contributed by atoms with Crippen LogP contribution in [-0.2, 0) is 19.1 Å². The van der Waals surface area contributed by atoms with Gasteiger partial charge in [0, 0.05) is 28.9 Å². The molecule has 29 heavy (non-hydrogen) atoms. The minimum Gasteiger partial charge on any atom is -0.466 e. The minimum atomic E-state index is -0.781. The number of carbonyl (C=O) groups excluding carboxylic acids is 3. The summed E-state index contributed by atoms with van der Waals surface area (Å²) in [5, 5.41) is 0. The highest BCUT2D eigenvalue weighted by atomic mass is 79.9. The predicted molar refractivity (Wildman–Crippen MR) is 113 cm³/mol. The van der Waals surface area contributed by atoms with E-state index < -0.39 is 5.92 Å². The Bertz CT molecular complexity index is 688. The van der Waals surface area contributed by atoms with Crippen LogP contribution in [0, 0.1) is 5.92 Å². The Balaban J connectivity index is 1.96. The third kappa shape index (κ3) is 8.34. The Kier molecular flexibility index (Phi) is 10.5. The van der Waals surface area contributed by atoms with Crippen molar-refractivity contribution in [2.75, 3.05) is 13.2 Å². The highest BCUT2D eigenvalue weighted by molar-refractivity contribution is 9.10. The maximum Gasteiger partial charge on any atom is 0.305 e. The molecule has 1 saturated carbocycles. The van der Waals surface area contributed by atoms with E-state index in [9.17, 15) is 14.4 Å². The molecule has 0 radical (unpaired) electrons. The van der Waals surface area contributed by atoms with E-state index in [1.807, 2.05) is 0 Å². The molecular weight excluding hydrogens is 438 g/mol. The summed E-state index contributed by atoms with van der Waals surface area (Å²) in [6.07, 6.45) is 10.4. The molecule has 0 amide bonds. The molecule has 2 rings (SSSR count). The number of Topliss-reactive ketones (excluding diaryl/α,β-unsaturated/α-hetero) is 2. The molecule has 0 spiro atoms. The van der Waals surface area contributed by atoms with Crippen molar-refractivity contribution in [1.29, 1.82) is 0 Å². The highest BCUT2D eigenvalue weighted by Gasteiger charge is 2.28. The molecule has 0 aliphatic heterocycles. The van der Waals surface area contributed by atoms with Crippen molar-refractivity contribution in [3.05, 3.63) is 28.5 Å². The number of pyridine rings is 1. The molecule has 1 unspecified atom stereocenters. The molecule has 7 heteroatoms. The van der Waals surface area contributed by atoms with Crippen molar-refractivity contribution in [2.45, 2.75) is 70.8 Å². The smallest absolute Gasteiger partial charge is 0.305 e. The molecule has 1 aromatic heterocycles. The summed E-state index contributed by atoms with van der Waals surface area (Å²) in [6.45, 7) is 2.08. The number of rotatable bonds is 12. The molecule has 6 nitrogen and oxygen atoms in total. The summed E-state index contributed by atoms with van der Waals surface area (Å²) in [6, 6.07) is 1.68. The first kappa shape index (κ1) is 23.7. The van der Waals surface area contributed by atoms with Crippen LogP contribution in [0.25, 0.3) is 0 Å². The average molecular weight is 468 g/mol. The lowest BCUT2D eigenvalue weighted by molar-refractivity contribution is -0.143. The fourth-order valence-corrected chi connectivity index (χ4v) is 3.93. The second-order valence-electron chi connectivity index (χ2n) is 7.40. The monoisotopic (exact) mass is 467 g/mol. The normalized spacial score (nSPS) is 15.7. The van der Waals surface area contributed by atoms with Crippen molar-refractivity contribution in [3.63, 3.8) is 0 Å². The van der Waals surface area contributed by atoms with E-state index >= 15 is 0 Å². The first-order valence-electron chi connectivity index (χ1n) is 10.5. The molecule has 1 aliphatic carbocycles. The number of unbranched alkanes of at least 4 members (excludes halogenated alkanes) is 1. The summed E-state index contributed by atoms with van der Waals surface area (Å²) < 4.78 is 11.4. The second-order valence-corrected chi connectivity index (χ2v) is 8.31. The van der Waals surface area contributed by atoms with Crippen molar-refractivity contribution >= 4 is 33.5 Å². The van der Waals surface area contributed by atoms with Crippen molar-refractivity contribution in [3.8, 4) is 0 Å². The SMILES string of the molecule is CCOC(=O)CCCCC(C(=O)COC1CCCCC1)C(=O)c1cncc(Br)c1. The van der Waals surface area contributed by atoms with Crippen LogP contribution in [0.3, 0.4) is 0 Å². The van der Waals surface area contributed by atoms with E-state index in [4.69, 9.17) is 9.47 Å². The van der Waals surface area contributed by atoms with Gasteiger partial charge >= 0.3 is 5.97 Å². The summed E-state index contributed by atoms with van der Waals surface area (Å²) in [5.74, 6) is -1.47. The van der Waals surface area contributed by atoms with E-state index in [0.29, 0.717) is 42.3 Å². The van der Waals surface area contributed by atoms with Crippen LogP contribution in [0.15, 0.2) is 22.9 Å². The fraction of sp³-hybridized carbons (Fsp3) is 0.636. The van der Waals surface area contributed by atoms with Gasteiger partial charge in [0.1, 0.15) is 6.61 Å². The van der Waals surface area contributed by atoms with Crippen LogP contribution >= 0.6 is 15.9 Å². The lowest BCUT2D eigenvalue weighted by Gasteiger charge is -2.23. The molecule has 1 aromatic rings. The summed E-state index contributed by atoms with van der Waals surface area (Å²) in [7, 11) is 0. The zero-order chi connectivity index (χ0) is 21.1. The van der Waals surface area contributed by atoms with Gasteiger partial charge in [-0.1, -0.05) is 25.7 Å². The number of nitrogens with zero attached hydrogens (tertiary/aromatic N) is 1. The second kappa shape index (κ2) is 12.9. The van der Waals surface area contributed by atoms with Crippen LogP contribution < -0.4 is 0 Å². The number of esters is 1. The number of aromatic nitrogens is 1. The first-order valence-corrected chi connectivity index (χ1v) is 11.2. The van der Waals surface area contributed by atoms with Gasteiger partial charge in [-0.05, 0) is 54.6 Å². The van der Waals surface area contributed by atoms with Crippen LogP contribution in [0.4, 0.5) is 0 Å². The number of carbonyl (C=O) groups is 3. The van der Waals surface area contributed by atoms with Crippen LogP contribution in [-0.4, -0.2) is 41.8 Å². The number of halogens is 1. The highest BCUT2D eigenvalue weighted by Crippen LogP contribution is 2.23. The Morgan fingerprint density at radius 2 is 1.93 bits per heavy atom. The Hall–Kier alpha value is -1.60. The van der Waals surface area contributed by atoms with Gasteiger partial charge in [0.2, 0.25) is 0 Å². The molecule has 1 heterocycles. The molecule has 160 valence electrons. The maximum absolute atomic E-state index is 13.0. The van der Waals surface area contributed by atoms with Gasteiger partial charge in [-0.3, -0.25) is 19.4 Å². The van der Waals surface area contributed by atoms with E-state index in [0.717, 1.165) is 25.7 Å². The van der Waals surface area contributed by atoms with E-state index in [2.05, 4.69) is 20.9 Å². The fourth-order valence-electron chi connectivity index (χ4n) is 3.57. The standard InChI is InChI=1S/C22H30BrNO5/c1-2-28-21(26)11-7-6-10-19(22(27)16-12-17(23)14-24-13-16)20(25)15-29-18-8-4-3-5-9-18/h12-14,18-19H,2-11,15H2,1H3. The lowest BCUT2D eigenvalue weighted by Crippen LogP contribution is -2.30. The topological polar surface area (TPSA) is 82.6 Å². The van der Waals surface area contributed by atoms with Gasteiger partial charge in [0.25, 0.3) is 0 Å². The van der Waals surface area contributed by atoms with Gasteiger partial charge in [-0.15, -0.1) is 0 Å². The minimum absolute atomic E-state index is 0.0413. The van der Waals surface area contributed by atoms with Crippen molar-refractivity contribution < 1.29 is 23.9 Å². The molecule has 1 aliphatic rings. The number of ether oxygens (including phenoxy) is 2. The number of hydrogen-bond donors (Lipinski definition) is 0. The van der Waals surface area contributed by atoms with Crippen LogP contribution in [0.1, 0.15) is 75.1 Å². The zero-order valence-electron chi connectivity index (χ0n) is 17.0. The quantitative estimate of drug-likeness (QED) is 0.192. The van der Waals surface area contributed by atoms with Crippen LogP contribution in [0.2, 0.25) is 0 Å². The van der Waals surface area contributed by atoms with Gasteiger partial charge in [0.05, 0.1) is 18.6 Å². The Labute approximate surface area is 180 Å². The van der Waals surface area contributed by atoms with E-state index in [1.54, 1.807) is 19.2 Å². The number of ketones is 2. The Morgan fingerprint density at radius 3 is 2.62 bits per heavy atom. The molecule has 1 fully saturated rings. The lowest BCUT2D eigenvalue weighted by atomic mass is 9.89. The average Bonchev–Trinajstić information content (AvgIpc) is 2.72. The van der Waals surface area contributed by atoms with E-state index in [1.165, 1.54) is 12.6 Å². The first-order chi connectivity index (χ1) is 14.0. The summed E-state index contributed by atoms with van der Waals surface area (Å²) in [5.41, 5.74) is 0.404.